The number of carbonyl (C=O) groups excluding carboxylic acids is 2. The molecule has 2 aliphatic rings. The molecule has 2 fully saturated rings. The van der Waals surface area contributed by atoms with Gasteiger partial charge >= 0.3 is 5.97 Å². The lowest BCUT2D eigenvalue weighted by atomic mass is 9.82. The second kappa shape index (κ2) is 8.41. The summed E-state index contributed by atoms with van der Waals surface area (Å²) in [5.74, 6) is 0.0321. The second-order valence-corrected chi connectivity index (χ2v) is 7.97. The number of ether oxygens (including phenoxy) is 1. The first-order valence-electron chi connectivity index (χ1n) is 9.91. The van der Waals surface area contributed by atoms with Gasteiger partial charge in [-0.1, -0.05) is 30.3 Å². The predicted molar refractivity (Wildman–Crippen MR) is 108 cm³/mol. The van der Waals surface area contributed by atoms with Crippen LogP contribution in [0.4, 0.5) is 0 Å². The lowest BCUT2D eigenvalue weighted by Gasteiger charge is -2.26. The highest BCUT2D eigenvalue weighted by Gasteiger charge is 2.53. The largest absolute Gasteiger partial charge is 0.464 e. The second-order valence-electron chi connectivity index (χ2n) is 7.97. The first-order chi connectivity index (χ1) is 14.5. The number of esters is 1. The van der Waals surface area contributed by atoms with Crippen LogP contribution in [0.3, 0.4) is 0 Å². The molecule has 0 unspecified atom stereocenters. The number of oxazole rings is 1. The van der Waals surface area contributed by atoms with Crippen LogP contribution in [0.5, 0.6) is 0 Å². The molecule has 0 aliphatic carbocycles. The van der Waals surface area contributed by atoms with Gasteiger partial charge in [-0.05, 0) is 17.6 Å². The fraction of sp³-hybridized carbons (Fsp3) is 0.409. The molecule has 8 heteroatoms. The van der Waals surface area contributed by atoms with Crippen molar-refractivity contribution in [2.45, 2.75) is 6.54 Å². The van der Waals surface area contributed by atoms with Crippen LogP contribution in [0.25, 0.3) is 6.08 Å². The average molecular weight is 411 g/mol. The van der Waals surface area contributed by atoms with E-state index in [0.717, 1.165) is 12.1 Å². The lowest BCUT2D eigenvalue weighted by molar-refractivity contribution is -0.125. The zero-order valence-corrected chi connectivity index (χ0v) is 16.9. The first-order valence-corrected chi connectivity index (χ1v) is 9.91. The van der Waals surface area contributed by atoms with Gasteiger partial charge in [-0.2, -0.15) is 0 Å². The molecule has 4 rings (SSSR count). The number of carbonyl (C=O) groups is 2. The molecule has 0 bridgehead atoms. The number of aliphatic hydroxyl groups excluding tert-OH is 1. The van der Waals surface area contributed by atoms with E-state index >= 15 is 0 Å². The molecule has 1 aromatic carbocycles. The van der Waals surface area contributed by atoms with Gasteiger partial charge in [-0.25, -0.2) is 9.78 Å². The van der Waals surface area contributed by atoms with Crippen molar-refractivity contribution in [3.8, 4) is 0 Å². The normalized spacial score (nSPS) is 23.8. The summed E-state index contributed by atoms with van der Waals surface area (Å²) in [4.78, 5) is 32.3. The van der Waals surface area contributed by atoms with Crippen LogP contribution in [-0.2, 0) is 16.1 Å². The van der Waals surface area contributed by atoms with Gasteiger partial charge < -0.3 is 19.2 Å². The average Bonchev–Trinajstić information content (AvgIpc) is 3.45. The van der Waals surface area contributed by atoms with Gasteiger partial charge in [0.05, 0.1) is 20.3 Å². The van der Waals surface area contributed by atoms with Gasteiger partial charge in [0.25, 0.3) is 0 Å². The number of aromatic nitrogens is 1. The maximum Gasteiger partial charge on any atom is 0.360 e. The van der Waals surface area contributed by atoms with Gasteiger partial charge in [-0.15, -0.1) is 0 Å². The van der Waals surface area contributed by atoms with E-state index in [4.69, 9.17) is 4.42 Å². The molecule has 0 saturated carbocycles. The highest BCUT2D eigenvalue weighted by molar-refractivity contribution is 5.92. The van der Waals surface area contributed by atoms with Crippen molar-refractivity contribution in [2.24, 2.45) is 11.3 Å². The van der Waals surface area contributed by atoms with Gasteiger partial charge in [-0.3, -0.25) is 9.69 Å². The Hall–Kier alpha value is -2.97. The van der Waals surface area contributed by atoms with Crippen LogP contribution in [-0.4, -0.2) is 71.7 Å². The van der Waals surface area contributed by atoms with E-state index in [-0.39, 0.29) is 29.5 Å². The molecule has 1 N–H and O–H groups in total. The Bertz CT molecular complexity index is 941. The van der Waals surface area contributed by atoms with Gasteiger partial charge in [0.15, 0.2) is 5.69 Å². The molecule has 2 aliphatic heterocycles. The molecular weight excluding hydrogens is 386 g/mol. The third-order valence-electron chi connectivity index (χ3n) is 5.98. The molecule has 0 spiro atoms. The number of aliphatic hydroxyl groups is 1. The zero-order chi connectivity index (χ0) is 21.1. The Balaban J connectivity index is 1.37. The number of rotatable bonds is 6. The number of hydrogen-bond donors (Lipinski definition) is 1. The molecule has 3 heterocycles. The van der Waals surface area contributed by atoms with Crippen molar-refractivity contribution in [1.29, 1.82) is 0 Å². The Morgan fingerprint density at radius 3 is 2.80 bits per heavy atom. The highest BCUT2D eigenvalue weighted by Crippen LogP contribution is 2.42. The molecule has 8 nitrogen and oxygen atoms in total. The Labute approximate surface area is 174 Å². The SMILES string of the molecule is COC(=O)c1coc(CN2C[C@H]3CN(C(=O)/C=C/c4ccccc4)C[C@@]3(CO)C2)n1. The number of nitrogens with zero attached hydrogens (tertiary/aromatic N) is 3. The standard InChI is InChI=1S/C22H25N3O5/c1-29-21(28)18-12-30-19(23-18)11-24-9-17-10-25(14-22(17,13-24)15-26)20(27)8-7-16-5-3-2-4-6-16/h2-8,12,17,26H,9-11,13-15H2,1H3/b8-7+/t17-,22+/m0/s1. The summed E-state index contributed by atoms with van der Waals surface area (Å²) in [5, 5.41) is 10.1. The zero-order valence-electron chi connectivity index (χ0n) is 16.9. The van der Waals surface area contributed by atoms with E-state index in [1.807, 2.05) is 41.3 Å². The number of benzene rings is 1. The van der Waals surface area contributed by atoms with Crippen LogP contribution in [0, 0.1) is 11.3 Å². The van der Waals surface area contributed by atoms with Crippen molar-refractivity contribution in [2.75, 3.05) is 39.9 Å². The van der Waals surface area contributed by atoms with E-state index in [1.54, 1.807) is 6.08 Å². The molecule has 30 heavy (non-hydrogen) atoms. The number of methoxy groups -OCH3 is 1. The van der Waals surface area contributed by atoms with Crippen molar-refractivity contribution in [1.82, 2.24) is 14.8 Å². The van der Waals surface area contributed by atoms with E-state index in [0.29, 0.717) is 32.1 Å². The maximum absolute atomic E-state index is 12.7. The predicted octanol–water partition coefficient (Wildman–Crippen LogP) is 1.43. The van der Waals surface area contributed by atoms with Crippen molar-refractivity contribution in [3.05, 3.63) is 59.8 Å². The minimum Gasteiger partial charge on any atom is -0.464 e. The van der Waals surface area contributed by atoms with Crippen LogP contribution < -0.4 is 0 Å². The number of fused-ring (bicyclic) bond motifs is 1. The van der Waals surface area contributed by atoms with E-state index in [2.05, 4.69) is 14.6 Å². The first kappa shape index (κ1) is 20.3. The Kier molecular flexibility index (Phi) is 5.69. The summed E-state index contributed by atoms with van der Waals surface area (Å²) < 4.78 is 10.0. The molecule has 0 radical (unpaired) electrons. The minimum absolute atomic E-state index is 0.0132. The quantitative estimate of drug-likeness (QED) is 0.567. The summed E-state index contributed by atoms with van der Waals surface area (Å²) in [6.07, 6.45) is 4.70. The molecular formula is C22H25N3O5. The summed E-state index contributed by atoms with van der Waals surface area (Å²) in [6.45, 7) is 2.94. The highest BCUT2D eigenvalue weighted by atomic mass is 16.5. The molecule has 1 aromatic heterocycles. The monoisotopic (exact) mass is 411 g/mol. The summed E-state index contributed by atoms with van der Waals surface area (Å²) in [6, 6.07) is 9.70. The summed E-state index contributed by atoms with van der Waals surface area (Å²) in [5.41, 5.74) is 0.768. The van der Waals surface area contributed by atoms with Crippen molar-refractivity contribution >= 4 is 18.0 Å². The smallest absolute Gasteiger partial charge is 0.360 e. The lowest BCUT2D eigenvalue weighted by Crippen LogP contribution is -2.38. The van der Waals surface area contributed by atoms with Crippen molar-refractivity contribution in [3.63, 3.8) is 0 Å². The Morgan fingerprint density at radius 2 is 2.10 bits per heavy atom. The topological polar surface area (TPSA) is 96.1 Å². The van der Waals surface area contributed by atoms with Crippen LogP contribution in [0.2, 0.25) is 0 Å². The minimum atomic E-state index is -0.534. The molecule has 158 valence electrons. The molecule has 2 aromatic rings. The third-order valence-corrected chi connectivity index (χ3v) is 5.98. The maximum atomic E-state index is 12.7. The van der Waals surface area contributed by atoms with Crippen LogP contribution in [0.1, 0.15) is 21.9 Å². The van der Waals surface area contributed by atoms with Crippen LogP contribution >= 0.6 is 0 Å². The van der Waals surface area contributed by atoms with Crippen LogP contribution in [0.15, 0.2) is 47.1 Å². The Morgan fingerprint density at radius 1 is 1.30 bits per heavy atom. The number of amides is 1. The van der Waals surface area contributed by atoms with Crippen molar-refractivity contribution < 1.29 is 23.8 Å². The number of hydrogen-bond acceptors (Lipinski definition) is 7. The van der Waals surface area contributed by atoms with Gasteiger partial charge in [0, 0.05) is 37.7 Å². The van der Waals surface area contributed by atoms with Gasteiger partial charge in [0.1, 0.15) is 6.26 Å². The van der Waals surface area contributed by atoms with E-state index in [9.17, 15) is 14.7 Å². The van der Waals surface area contributed by atoms with E-state index in [1.165, 1.54) is 13.4 Å². The summed E-state index contributed by atoms with van der Waals surface area (Å²) >= 11 is 0. The number of likely N-dealkylation sites (tertiary alicyclic amines) is 2. The third kappa shape index (κ3) is 4.01. The fourth-order valence-electron chi connectivity index (χ4n) is 4.41. The molecule has 2 saturated heterocycles. The van der Waals surface area contributed by atoms with Gasteiger partial charge in [0.2, 0.25) is 11.8 Å². The molecule has 1 amide bonds. The fourth-order valence-corrected chi connectivity index (χ4v) is 4.41. The summed E-state index contributed by atoms with van der Waals surface area (Å²) in [7, 11) is 1.30. The van der Waals surface area contributed by atoms with E-state index < -0.39 is 5.97 Å². The molecule has 2 atom stereocenters.